The highest BCUT2D eigenvalue weighted by Crippen LogP contribution is 2.23. The van der Waals surface area contributed by atoms with Crippen molar-refractivity contribution in [2.24, 2.45) is 0 Å². The van der Waals surface area contributed by atoms with Crippen LogP contribution in [0.1, 0.15) is 12.7 Å². The largest absolute Gasteiger partial charge is 0.378 e. The highest BCUT2D eigenvalue weighted by Gasteiger charge is 2.31. The molecule has 0 aromatic carbocycles. The fraction of sp³-hybridized carbons (Fsp3) is 0.611. The Kier molecular flexibility index (Phi) is 5.70. The predicted octanol–water partition coefficient (Wildman–Crippen LogP) is 0.349. The average molecular weight is 422 g/mol. The number of piperazine rings is 1. The molecule has 4 rings (SSSR count). The number of nitrogens with zero attached hydrogens (tertiary/aromatic N) is 7. The van der Waals surface area contributed by atoms with Gasteiger partial charge in [-0.1, -0.05) is 0 Å². The maximum absolute atomic E-state index is 13.0. The van der Waals surface area contributed by atoms with Crippen molar-refractivity contribution < 1.29 is 13.2 Å². The van der Waals surface area contributed by atoms with Crippen LogP contribution in [-0.4, -0.2) is 85.0 Å². The summed E-state index contributed by atoms with van der Waals surface area (Å²) in [4.78, 5) is 8.56. The molecule has 29 heavy (non-hydrogen) atoms. The van der Waals surface area contributed by atoms with Gasteiger partial charge in [0.25, 0.3) is 10.0 Å². The molecule has 4 heterocycles. The summed E-state index contributed by atoms with van der Waals surface area (Å²) in [5.41, 5.74) is 1.02. The number of aryl methyl sites for hydroxylation is 2. The maximum Gasteiger partial charge on any atom is 0.262 e. The Morgan fingerprint density at radius 2 is 1.79 bits per heavy atom. The lowest BCUT2D eigenvalue weighted by molar-refractivity contribution is 0.122. The van der Waals surface area contributed by atoms with Crippen LogP contribution in [0.5, 0.6) is 0 Å². The number of imidazole rings is 1. The van der Waals surface area contributed by atoms with Gasteiger partial charge in [0.15, 0.2) is 10.8 Å². The lowest BCUT2D eigenvalue weighted by Crippen LogP contribution is -2.49. The molecule has 2 saturated heterocycles. The van der Waals surface area contributed by atoms with Crippen molar-refractivity contribution in [2.45, 2.75) is 25.4 Å². The van der Waals surface area contributed by atoms with Crippen LogP contribution in [0.15, 0.2) is 23.5 Å². The summed E-state index contributed by atoms with van der Waals surface area (Å²) in [6.45, 7) is 9.48. The molecule has 0 saturated carbocycles. The summed E-state index contributed by atoms with van der Waals surface area (Å²) in [6, 6.07) is 2.02. The van der Waals surface area contributed by atoms with Gasteiger partial charge in [0.2, 0.25) is 0 Å². The Balaban J connectivity index is 1.44. The van der Waals surface area contributed by atoms with Gasteiger partial charge in [-0.3, -0.25) is 0 Å². The van der Waals surface area contributed by atoms with E-state index in [2.05, 4.69) is 25.0 Å². The number of hydrogen-bond donors (Lipinski definition) is 0. The molecule has 0 atom stereocenters. The molecular formula is C18H27N7O3S. The van der Waals surface area contributed by atoms with Crippen molar-refractivity contribution in [3.8, 4) is 0 Å². The zero-order valence-electron chi connectivity index (χ0n) is 16.9. The Morgan fingerprint density at radius 3 is 2.45 bits per heavy atom. The van der Waals surface area contributed by atoms with E-state index in [1.807, 2.05) is 24.5 Å². The van der Waals surface area contributed by atoms with Crippen LogP contribution in [0.2, 0.25) is 0 Å². The van der Waals surface area contributed by atoms with E-state index in [4.69, 9.17) is 4.74 Å². The number of anilines is 2. The van der Waals surface area contributed by atoms with Crippen LogP contribution >= 0.6 is 0 Å². The Morgan fingerprint density at radius 1 is 1.07 bits per heavy atom. The monoisotopic (exact) mass is 421 g/mol. The van der Waals surface area contributed by atoms with Gasteiger partial charge in [-0.2, -0.15) is 9.40 Å². The molecule has 2 aliphatic heterocycles. The number of rotatable bonds is 5. The standard InChI is InChI=1S/C18H27N7O3S/c1-3-22-14-18(20-15(22)2)29(26,27)25-6-4-24(5-7-25)17-12-16(13-19-21-17)23-8-10-28-11-9-23/h12-14H,3-11H2,1-2H3. The molecule has 2 aromatic heterocycles. The fourth-order valence-corrected chi connectivity index (χ4v) is 5.12. The average Bonchev–Trinajstić information content (AvgIpc) is 3.16. The lowest BCUT2D eigenvalue weighted by Gasteiger charge is -2.34. The van der Waals surface area contributed by atoms with Crippen LogP contribution in [0.4, 0.5) is 11.5 Å². The van der Waals surface area contributed by atoms with Gasteiger partial charge in [0.05, 0.1) is 25.1 Å². The zero-order chi connectivity index (χ0) is 20.4. The van der Waals surface area contributed by atoms with Crippen LogP contribution in [0.3, 0.4) is 0 Å². The topological polar surface area (TPSA) is 96.7 Å². The molecule has 0 spiro atoms. The van der Waals surface area contributed by atoms with E-state index in [9.17, 15) is 8.42 Å². The molecule has 0 amide bonds. The van der Waals surface area contributed by atoms with Gasteiger partial charge in [0, 0.05) is 58.1 Å². The quantitative estimate of drug-likeness (QED) is 0.682. The summed E-state index contributed by atoms with van der Waals surface area (Å²) in [7, 11) is -3.59. The molecule has 0 bridgehead atoms. The first kappa shape index (κ1) is 20.0. The van der Waals surface area contributed by atoms with Crippen molar-refractivity contribution in [1.29, 1.82) is 0 Å². The van der Waals surface area contributed by atoms with Crippen molar-refractivity contribution >= 4 is 21.5 Å². The van der Waals surface area contributed by atoms with Gasteiger partial charge < -0.3 is 19.1 Å². The van der Waals surface area contributed by atoms with Crippen LogP contribution in [0, 0.1) is 6.92 Å². The van der Waals surface area contributed by atoms with Gasteiger partial charge in [-0.05, 0) is 13.8 Å². The first-order chi connectivity index (χ1) is 14.0. The SMILES string of the molecule is CCn1cc(S(=O)(=O)N2CCN(c3cc(N4CCOCC4)cnn3)CC2)nc1C. The third-order valence-corrected chi connectivity index (χ3v) is 7.24. The second kappa shape index (κ2) is 8.25. The molecule has 0 N–H and O–H groups in total. The van der Waals surface area contributed by atoms with E-state index in [1.165, 1.54) is 4.31 Å². The van der Waals surface area contributed by atoms with Gasteiger partial charge in [-0.15, -0.1) is 5.10 Å². The van der Waals surface area contributed by atoms with Crippen molar-refractivity contribution in [3.63, 3.8) is 0 Å². The smallest absolute Gasteiger partial charge is 0.262 e. The second-order valence-corrected chi connectivity index (χ2v) is 9.06. The summed E-state index contributed by atoms with van der Waals surface area (Å²) < 4.78 is 34.7. The van der Waals surface area contributed by atoms with Crippen LogP contribution in [0.25, 0.3) is 0 Å². The van der Waals surface area contributed by atoms with Crippen LogP contribution in [-0.2, 0) is 21.3 Å². The van der Waals surface area contributed by atoms with E-state index in [-0.39, 0.29) is 5.03 Å². The summed E-state index contributed by atoms with van der Waals surface area (Å²) in [6.07, 6.45) is 3.39. The lowest BCUT2D eigenvalue weighted by atomic mass is 10.3. The molecule has 158 valence electrons. The molecule has 11 heteroatoms. The van der Waals surface area contributed by atoms with E-state index in [0.717, 1.165) is 24.6 Å². The normalized spacial score (nSPS) is 19.0. The molecule has 0 radical (unpaired) electrons. The number of morpholine rings is 1. The first-order valence-corrected chi connectivity index (χ1v) is 11.4. The molecule has 2 fully saturated rings. The maximum atomic E-state index is 13.0. The van der Waals surface area contributed by atoms with E-state index in [1.54, 1.807) is 12.4 Å². The van der Waals surface area contributed by atoms with E-state index >= 15 is 0 Å². The summed E-state index contributed by atoms with van der Waals surface area (Å²) in [5.74, 6) is 1.48. The minimum absolute atomic E-state index is 0.124. The van der Waals surface area contributed by atoms with Gasteiger partial charge in [0.1, 0.15) is 5.82 Å². The molecular weight excluding hydrogens is 394 g/mol. The van der Waals surface area contributed by atoms with Crippen LogP contribution < -0.4 is 9.80 Å². The Labute approximate surface area is 171 Å². The van der Waals surface area contributed by atoms with E-state index < -0.39 is 10.0 Å². The second-order valence-electron chi connectivity index (χ2n) is 7.17. The molecule has 2 aromatic rings. The number of aromatic nitrogens is 4. The number of hydrogen-bond acceptors (Lipinski definition) is 8. The highest BCUT2D eigenvalue weighted by atomic mass is 32.2. The highest BCUT2D eigenvalue weighted by molar-refractivity contribution is 7.89. The van der Waals surface area contributed by atoms with Crippen molar-refractivity contribution in [1.82, 2.24) is 24.1 Å². The molecule has 2 aliphatic rings. The third-order valence-electron chi connectivity index (χ3n) is 5.46. The predicted molar refractivity (Wildman–Crippen MR) is 109 cm³/mol. The number of ether oxygens (including phenoxy) is 1. The fourth-order valence-electron chi connectivity index (χ4n) is 3.71. The Bertz CT molecular complexity index is 948. The minimum atomic E-state index is -3.59. The summed E-state index contributed by atoms with van der Waals surface area (Å²) >= 11 is 0. The number of sulfonamides is 1. The van der Waals surface area contributed by atoms with Gasteiger partial charge in [-0.25, -0.2) is 13.4 Å². The third kappa shape index (κ3) is 4.07. The minimum Gasteiger partial charge on any atom is -0.378 e. The van der Waals surface area contributed by atoms with Crippen molar-refractivity contribution in [3.05, 3.63) is 24.3 Å². The molecule has 0 aliphatic carbocycles. The Hall–Kier alpha value is -2.24. The summed E-state index contributed by atoms with van der Waals surface area (Å²) in [5, 5.41) is 8.54. The first-order valence-electron chi connectivity index (χ1n) is 9.93. The molecule has 0 unspecified atom stereocenters. The van der Waals surface area contributed by atoms with Gasteiger partial charge >= 0.3 is 0 Å². The zero-order valence-corrected chi connectivity index (χ0v) is 17.7. The molecule has 10 nitrogen and oxygen atoms in total. The van der Waals surface area contributed by atoms with Crippen molar-refractivity contribution in [2.75, 3.05) is 62.3 Å². The van der Waals surface area contributed by atoms with E-state index in [0.29, 0.717) is 51.8 Å².